The molecule has 2 aromatic heterocycles. The zero-order valence-electron chi connectivity index (χ0n) is 19.3. The molecule has 2 heterocycles. The van der Waals surface area contributed by atoms with Gasteiger partial charge in [0.1, 0.15) is 12.1 Å². The van der Waals surface area contributed by atoms with Crippen LogP contribution in [0.2, 0.25) is 5.02 Å². The van der Waals surface area contributed by atoms with Crippen molar-refractivity contribution in [1.82, 2.24) is 9.97 Å². The molecule has 0 radical (unpaired) electrons. The molecular formula is C24H25ClN4O5S2. The molecule has 12 heteroatoms. The van der Waals surface area contributed by atoms with Crippen LogP contribution in [-0.4, -0.2) is 48.0 Å². The number of nitrogens with zero attached hydrogens (tertiary/aromatic N) is 2. The largest absolute Gasteiger partial charge is 0.393 e. The normalized spacial score (nSPS) is 19.8. The second-order valence-corrected chi connectivity index (χ2v) is 11.5. The summed E-state index contributed by atoms with van der Waals surface area (Å²) < 4.78 is 26.8. The Bertz CT molecular complexity index is 1410. The number of carbonyl (C=O) groups excluding carboxylic acids is 1. The average Bonchev–Trinajstić information content (AvgIpc) is 3.38. The van der Waals surface area contributed by atoms with Gasteiger partial charge in [-0.3, -0.25) is 8.98 Å². The number of halogens is 1. The van der Waals surface area contributed by atoms with Crippen molar-refractivity contribution >= 4 is 50.4 Å². The van der Waals surface area contributed by atoms with Crippen LogP contribution in [0.1, 0.15) is 44.1 Å². The Morgan fingerprint density at radius 1 is 1.33 bits per heavy atom. The Morgan fingerprint density at radius 2 is 2.11 bits per heavy atom. The highest BCUT2D eigenvalue weighted by atomic mass is 35.5. The van der Waals surface area contributed by atoms with E-state index in [0.29, 0.717) is 28.6 Å². The number of anilines is 1. The van der Waals surface area contributed by atoms with Gasteiger partial charge < -0.3 is 10.4 Å². The first-order valence-corrected chi connectivity index (χ1v) is 13.7. The van der Waals surface area contributed by atoms with Crippen LogP contribution in [0.25, 0.3) is 5.57 Å². The third kappa shape index (κ3) is 6.17. The van der Waals surface area contributed by atoms with Gasteiger partial charge in [-0.1, -0.05) is 30.3 Å². The Morgan fingerprint density at radius 3 is 2.83 bits per heavy atom. The van der Waals surface area contributed by atoms with E-state index in [4.69, 9.17) is 16.7 Å². The molecule has 0 unspecified atom stereocenters. The lowest BCUT2D eigenvalue weighted by Crippen LogP contribution is -2.24. The fourth-order valence-electron chi connectivity index (χ4n) is 4.24. The Balaban J connectivity index is 1.52. The second-order valence-electron chi connectivity index (χ2n) is 8.60. The molecule has 36 heavy (non-hydrogen) atoms. The fraction of sp³-hybridized carbons (Fsp3) is 0.292. The third-order valence-corrected chi connectivity index (χ3v) is 7.79. The summed E-state index contributed by atoms with van der Waals surface area (Å²) in [6.07, 6.45) is 2.74. The second kappa shape index (κ2) is 10.8. The summed E-state index contributed by atoms with van der Waals surface area (Å²) in [5.74, 6) is -0.340. The SMILES string of the molecule is C=C(c1cccc(Cl)c1)c1cc(C(=O)c2cncnc2N[C@@H]2C[C@H](COS(N)(=O)=O)[C@@H](O)C2)sc1C. The van der Waals surface area contributed by atoms with Gasteiger partial charge in [0.05, 0.1) is 23.2 Å². The summed E-state index contributed by atoms with van der Waals surface area (Å²) in [5, 5.41) is 19.0. The number of aliphatic hydroxyl groups excluding tert-OH is 1. The number of hydrogen-bond acceptors (Lipinski definition) is 9. The molecule has 1 fully saturated rings. The van der Waals surface area contributed by atoms with Crippen molar-refractivity contribution in [2.45, 2.75) is 31.9 Å². The number of ketones is 1. The number of benzene rings is 1. The highest BCUT2D eigenvalue weighted by molar-refractivity contribution is 7.84. The van der Waals surface area contributed by atoms with Crippen molar-refractivity contribution in [3.05, 3.63) is 80.9 Å². The predicted octanol–water partition coefficient (Wildman–Crippen LogP) is 3.56. The van der Waals surface area contributed by atoms with E-state index < -0.39 is 22.3 Å². The zero-order chi connectivity index (χ0) is 26.0. The molecule has 4 rings (SSSR count). The summed E-state index contributed by atoms with van der Waals surface area (Å²) in [4.78, 5) is 23.2. The first-order chi connectivity index (χ1) is 17.0. The van der Waals surface area contributed by atoms with Crippen LogP contribution in [0, 0.1) is 12.8 Å². The van der Waals surface area contributed by atoms with Crippen LogP contribution in [0.3, 0.4) is 0 Å². The number of thiophene rings is 1. The van der Waals surface area contributed by atoms with Gasteiger partial charge >= 0.3 is 10.3 Å². The van der Waals surface area contributed by atoms with Crippen LogP contribution >= 0.6 is 22.9 Å². The van der Waals surface area contributed by atoms with Crippen molar-refractivity contribution in [1.29, 1.82) is 0 Å². The van der Waals surface area contributed by atoms with E-state index in [1.807, 2.05) is 31.2 Å². The van der Waals surface area contributed by atoms with Gasteiger partial charge in [-0.05, 0) is 54.7 Å². The van der Waals surface area contributed by atoms with Crippen LogP contribution in [0.5, 0.6) is 0 Å². The molecule has 0 aliphatic heterocycles. The Kier molecular flexibility index (Phi) is 7.88. The lowest BCUT2D eigenvalue weighted by atomic mass is 9.99. The Hall–Kier alpha value is -2.67. The van der Waals surface area contributed by atoms with Gasteiger partial charge in [0, 0.05) is 28.1 Å². The maximum atomic E-state index is 13.5. The minimum Gasteiger partial charge on any atom is -0.393 e. The summed E-state index contributed by atoms with van der Waals surface area (Å²) in [5.41, 5.74) is 2.78. The number of nitrogens with one attached hydrogen (secondary N) is 1. The molecular weight excluding hydrogens is 524 g/mol. The van der Waals surface area contributed by atoms with Crippen molar-refractivity contribution in [3.8, 4) is 0 Å². The zero-order valence-corrected chi connectivity index (χ0v) is 21.7. The monoisotopic (exact) mass is 548 g/mol. The fourth-order valence-corrected chi connectivity index (χ4v) is 5.80. The average molecular weight is 549 g/mol. The summed E-state index contributed by atoms with van der Waals surface area (Å²) >= 11 is 7.48. The van der Waals surface area contributed by atoms with E-state index in [1.54, 1.807) is 6.07 Å². The maximum absolute atomic E-state index is 13.5. The van der Waals surface area contributed by atoms with Gasteiger partial charge in [0.25, 0.3) is 0 Å². The van der Waals surface area contributed by atoms with Crippen LogP contribution in [-0.2, 0) is 14.5 Å². The number of aromatic nitrogens is 2. The van der Waals surface area contributed by atoms with Crippen LogP contribution in [0.4, 0.5) is 5.82 Å². The Labute approximate surface area is 218 Å². The third-order valence-electron chi connectivity index (χ3n) is 6.04. The van der Waals surface area contributed by atoms with E-state index in [0.717, 1.165) is 21.6 Å². The minimum absolute atomic E-state index is 0.221. The number of nitrogens with two attached hydrogens (primary N) is 1. The molecule has 0 amide bonds. The maximum Gasteiger partial charge on any atom is 0.333 e. The van der Waals surface area contributed by atoms with Crippen LogP contribution in [0.15, 0.2) is 49.4 Å². The lowest BCUT2D eigenvalue weighted by Gasteiger charge is -2.15. The first-order valence-electron chi connectivity index (χ1n) is 11.0. The van der Waals surface area contributed by atoms with Crippen LogP contribution < -0.4 is 10.5 Å². The van der Waals surface area contributed by atoms with Gasteiger partial charge in [0.15, 0.2) is 0 Å². The number of carbonyl (C=O) groups is 1. The van der Waals surface area contributed by atoms with E-state index in [2.05, 4.69) is 26.0 Å². The molecule has 4 N–H and O–H groups in total. The predicted molar refractivity (Wildman–Crippen MR) is 139 cm³/mol. The van der Waals surface area contributed by atoms with E-state index in [1.165, 1.54) is 23.9 Å². The topological polar surface area (TPSA) is 144 Å². The van der Waals surface area contributed by atoms with Gasteiger partial charge in [-0.15, -0.1) is 11.3 Å². The van der Waals surface area contributed by atoms with Gasteiger partial charge in [-0.25, -0.2) is 15.1 Å². The molecule has 0 bridgehead atoms. The number of aliphatic hydroxyl groups is 1. The van der Waals surface area contributed by atoms with Crippen molar-refractivity contribution in [3.63, 3.8) is 0 Å². The molecule has 3 aromatic rings. The van der Waals surface area contributed by atoms with E-state index in [9.17, 15) is 18.3 Å². The molecule has 1 aromatic carbocycles. The number of hydrogen-bond donors (Lipinski definition) is 3. The highest BCUT2D eigenvalue weighted by Crippen LogP contribution is 2.34. The molecule has 0 spiro atoms. The summed E-state index contributed by atoms with van der Waals surface area (Å²) in [6.45, 7) is 5.90. The number of aryl methyl sites for hydroxylation is 1. The smallest absolute Gasteiger partial charge is 0.333 e. The van der Waals surface area contributed by atoms with E-state index in [-0.39, 0.29) is 24.0 Å². The molecule has 9 nitrogen and oxygen atoms in total. The van der Waals surface area contributed by atoms with Crippen molar-refractivity contribution in [2.75, 3.05) is 11.9 Å². The highest BCUT2D eigenvalue weighted by Gasteiger charge is 2.35. The molecule has 0 saturated heterocycles. The molecule has 1 aliphatic rings. The molecule has 1 aliphatic carbocycles. The standard InChI is InChI=1S/C24H25ClN4O5S2/c1-13(15-4-3-5-17(25)6-15)19-9-22(35-14(19)2)23(31)20-10-27-12-28-24(20)29-18-7-16(21(30)8-18)11-34-36(26,32)33/h3-6,9-10,12,16,18,21,30H,1,7-8,11H2,2H3,(H2,26,32,33)(H,27,28,29)/t16-,18-,21+/m1/s1. The summed E-state index contributed by atoms with van der Waals surface area (Å²) in [7, 11) is -4.10. The minimum atomic E-state index is -4.10. The number of rotatable bonds is 9. The molecule has 190 valence electrons. The van der Waals surface area contributed by atoms with E-state index >= 15 is 0 Å². The lowest BCUT2D eigenvalue weighted by molar-refractivity contribution is 0.101. The van der Waals surface area contributed by atoms with Gasteiger partial charge in [0.2, 0.25) is 5.78 Å². The van der Waals surface area contributed by atoms with Crippen molar-refractivity contribution in [2.24, 2.45) is 11.1 Å². The molecule has 3 atom stereocenters. The quantitative estimate of drug-likeness (QED) is 0.344. The summed E-state index contributed by atoms with van der Waals surface area (Å²) in [6, 6.07) is 8.93. The van der Waals surface area contributed by atoms with Crippen molar-refractivity contribution < 1.29 is 22.5 Å². The van der Waals surface area contributed by atoms with Gasteiger partial charge in [-0.2, -0.15) is 8.42 Å². The first kappa shape index (κ1) is 26.4. The molecule has 1 saturated carbocycles.